The molecule has 0 aromatic rings. The zero-order chi connectivity index (χ0) is 13.0. The smallest absolute Gasteiger partial charge is 0.0982 e. The normalized spacial score (nSPS) is 74.9. The Kier molecular flexibility index (Phi) is 0.688. The van der Waals surface area contributed by atoms with E-state index < -0.39 is 31.0 Å². The van der Waals surface area contributed by atoms with Crippen molar-refractivity contribution < 1.29 is 19.4 Å². The van der Waals surface area contributed by atoms with Crippen molar-refractivity contribution in [3.63, 3.8) is 0 Å². The van der Waals surface area contributed by atoms with Gasteiger partial charge in [-0.25, -0.2) is 0 Å². The van der Waals surface area contributed by atoms with E-state index in [1.54, 1.807) is 0 Å². The molecule has 0 aromatic carbocycles. The van der Waals surface area contributed by atoms with Gasteiger partial charge in [-0.05, 0) is 12.7 Å². The fourth-order valence-corrected chi connectivity index (χ4v) is 0.482. The predicted octanol–water partition coefficient (Wildman–Crippen LogP) is 0.712. The minimum absolute atomic E-state index is 0.477. The van der Waals surface area contributed by atoms with Gasteiger partial charge in [0.25, 0.3) is 0 Å². The first-order valence-electron chi connectivity index (χ1n) is 5.91. The van der Waals surface area contributed by atoms with Crippen molar-refractivity contribution in [3.05, 3.63) is 12.1 Å². The zero-order valence-electron chi connectivity index (χ0n) is 11.9. The third-order valence-corrected chi connectivity index (χ3v) is 0.894. The summed E-state index contributed by atoms with van der Waals surface area (Å²) in [6.45, 7) is 0. The average Bonchev–Trinajstić information content (AvgIpc) is 2.13. The van der Waals surface area contributed by atoms with Crippen LogP contribution in [0.1, 0.15) is 22.3 Å². The molecule has 0 heterocycles. The molecule has 0 amide bonds. The highest BCUT2D eigenvalue weighted by molar-refractivity contribution is 4.98. The van der Waals surface area contributed by atoms with Crippen LogP contribution in [0.2, 0.25) is 0 Å². The van der Waals surface area contributed by atoms with Gasteiger partial charge in [-0.2, -0.15) is 0 Å². The van der Waals surface area contributed by atoms with Crippen LogP contribution >= 0.6 is 0 Å². The fraction of sp³-hybridized carbons (Fsp3) is 0.714. The quantitative estimate of drug-likeness (QED) is 0.537. The molecule has 0 saturated heterocycles. The van der Waals surface area contributed by atoms with E-state index >= 15 is 0 Å². The van der Waals surface area contributed by atoms with Gasteiger partial charge in [-0.1, -0.05) is 12.1 Å². The van der Waals surface area contributed by atoms with Crippen LogP contribution in [0.5, 0.6) is 0 Å². The summed E-state index contributed by atoms with van der Waals surface area (Å²) in [6, 6.07) is -0.880. The lowest BCUT2D eigenvalue weighted by atomic mass is 10.0. The average molecular weight is 135 g/mol. The molecular weight excluding hydrogens is 116 g/mol. The molecule has 2 atom stereocenters. The van der Waals surface area contributed by atoms with Gasteiger partial charge in [0, 0.05) is 12.6 Å². The minimum Gasteiger partial charge on any atom is -0.386 e. The highest BCUT2D eigenvalue weighted by Crippen LogP contribution is 2.13. The van der Waals surface area contributed by atoms with E-state index in [1.807, 2.05) is 0 Å². The summed E-state index contributed by atoms with van der Waals surface area (Å²) in [4.78, 5) is 0. The Morgan fingerprint density at radius 2 is 2.89 bits per heavy atom. The van der Waals surface area contributed by atoms with Gasteiger partial charge in [0.05, 0.1) is 16.3 Å². The van der Waals surface area contributed by atoms with Crippen LogP contribution in [0.15, 0.2) is 12.1 Å². The number of hydrogen-bond acceptors (Lipinski definition) is 2. The summed E-state index contributed by atoms with van der Waals surface area (Å²) >= 11 is 0. The fourth-order valence-electron chi connectivity index (χ4n) is 0.482. The van der Waals surface area contributed by atoms with E-state index in [0.717, 1.165) is 7.11 Å². The Hall–Kier alpha value is -0.340. The van der Waals surface area contributed by atoms with Gasteiger partial charge in [-0.3, -0.25) is 0 Å². The van der Waals surface area contributed by atoms with Crippen molar-refractivity contribution in [2.24, 2.45) is 0 Å². The molecule has 52 valence electrons. The zero-order valence-corrected chi connectivity index (χ0v) is 4.93. The van der Waals surface area contributed by atoms with E-state index in [0.29, 0.717) is 6.08 Å². The third kappa shape index (κ3) is 1.53. The second-order valence-corrected chi connectivity index (χ2v) is 1.46. The van der Waals surface area contributed by atoms with E-state index in [1.165, 1.54) is 0 Å². The minimum atomic E-state index is -3.03. The Bertz CT molecular complexity index is 338. The Morgan fingerprint density at radius 1 is 2.11 bits per heavy atom. The maximum Gasteiger partial charge on any atom is 0.0982 e. The van der Waals surface area contributed by atoms with Gasteiger partial charge < -0.3 is 9.84 Å². The summed E-state index contributed by atoms with van der Waals surface area (Å²) in [5, 5.41) is 9.58. The van der Waals surface area contributed by atoms with Gasteiger partial charge in [0.15, 0.2) is 0 Å². The summed E-state index contributed by atoms with van der Waals surface area (Å²) in [5.74, 6) is 0. The first-order valence-corrected chi connectivity index (χ1v) is 2.41. The first-order chi connectivity index (χ1) is 6.94. The summed E-state index contributed by atoms with van der Waals surface area (Å²) in [7, 11) is 0.906. The molecule has 0 aromatic heterocycles. The SMILES string of the molecule is [2H]C1=CC([2H])(O)C([2H])(OC)C([2H])([2H])C1([2H])[2H]. The number of hydrogen-bond donors (Lipinski definition) is 1. The number of allylic oxidation sites excluding steroid dienone is 1. The van der Waals surface area contributed by atoms with Crippen molar-refractivity contribution in [2.75, 3.05) is 7.11 Å². The van der Waals surface area contributed by atoms with E-state index in [-0.39, 0.29) is 0 Å². The molecule has 0 aliphatic heterocycles. The van der Waals surface area contributed by atoms with Crippen molar-refractivity contribution in [1.29, 1.82) is 0 Å². The molecule has 2 heteroatoms. The van der Waals surface area contributed by atoms with Crippen LogP contribution in [-0.2, 0) is 4.74 Å². The van der Waals surface area contributed by atoms with Crippen LogP contribution in [0.25, 0.3) is 0 Å². The highest BCUT2D eigenvalue weighted by Gasteiger charge is 2.17. The van der Waals surface area contributed by atoms with Crippen LogP contribution in [0.3, 0.4) is 0 Å². The summed E-state index contributed by atoms with van der Waals surface area (Å²) in [6.07, 6.45) is -11.0. The number of rotatable bonds is 1. The van der Waals surface area contributed by atoms with Crippen molar-refractivity contribution >= 4 is 0 Å². The molecule has 0 radical (unpaired) electrons. The van der Waals surface area contributed by atoms with Crippen LogP contribution < -0.4 is 0 Å². The van der Waals surface area contributed by atoms with Crippen LogP contribution in [-0.4, -0.2) is 24.4 Å². The van der Waals surface area contributed by atoms with Gasteiger partial charge >= 0.3 is 0 Å². The Balaban J connectivity index is 3.53. The molecule has 0 fully saturated rings. The van der Waals surface area contributed by atoms with E-state index in [2.05, 4.69) is 4.74 Å². The van der Waals surface area contributed by atoms with E-state index in [9.17, 15) is 5.11 Å². The topological polar surface area (TPSA) is 29.5 Å². The predicted molar refractivity (Wildman–Crippen MR) is 35.2 cm³/mol. The number of ether oxygens (including phenoxy) is 1. The molecule has 1 aliphatic carbocycles. The van der Waals surface area contributed by atoms with Crippen molar-refractivity contribution in [3.8, 4) is 0 Å². The van der Waals surface area contributed by atoms with Crippen LogP contribution in [0, 0.1) is 0 Å². The number of methoxy groups -OCH3 is 1. The highest BCUT2D eigenvalue weighted by atomic mass is 16.5. The molecule has 2 nitrogen and oxygen atoms in total. The van der Waals surface area contributed by atoms with Gasteiger partial charge in [-0.15, -0.1) is 0 Å². The Labute approximate surface area is 65.0 Å². The number of aliphatic hydroxyl groups is 1. The molecule has 0 saturated carbocycles. The lowest BCUT2D eigenvalue weighted by molar-refractivity contribution is 0.00362. The van der Waals surface area contributed by atoms with Crippen LogP contribution in [0.4, 0.5) is 0 Å². The third-order valence-electron chi connectivity index (χ3n) is 0.894. The first kappa shape index (κ1) is 2.07. The monoisotopic (exact) mass is 135 g/mol. The Morgan fingerprint density at radius 3 is 3.56 bits per heavy atom. The molecule has 9 heavy (non-hydrogen) atoms. The second-order valence-electron chi connectivity index (χ2n) is 1.46. The van der Waals surface area contributed by atoms with E-state index in [4.69, 9.17) is 9.60 Å². The lowest BCUT2D eigenvalue weighted by Gasteiger charge is -2.21. The van der Waals surface area contributed by atoms with Gasteiger partial charge in [0.1, 0.15) is 0 Å². The second kappa shape index (κ2) is 2.99. The maximum atomic E-state index is 9.58. The van der Waals surface area contributed by atoms with Gasteiger partial charge in [0.2, 0.25) is 0 Å². The molecule has 1 aliphatic rings. The standard InChI is InChI=1S/C7H12O2/c1-9-7-5-3-2-4-6(7)8/h2,4,6-8H,3,5H2,1H3/i2D,3D2,5D2,6D,7D. The molecule has 0 bridgehead atoms. The summed E-state index contributed by atoms with van der Waals surface area (Å²) < 4.78 is 56.6. The van der Waals surface area contributed by atoms with Crippen molar-refractivity contribution in [2.45, 2.75) is 24.9 Å². The maximum absolute atomic E-state index is 9.58. The lowest BCUT2D eigenvalue weighted by Crippen LogP contribution is -2.27. The van der Waals surface area contributed by atoms with Crippen molar-refractivity contribution in [1.82, 2.24) is 0 Å². The molecule has 1 rings (SSSR count). The molecule has 1 N–H and O–H groups in total. The molecule has 2 unspecified atom stereocenters. The molecule has 0 spiro atoms. The molecular formula is C7H12O2. The largest absolute Gasteiger partial charge is 0.386 e. The summed E-state index contributed by atoms with van der Waals surface area (Å²) in [5.41, 5.74) is 0.